The van der Waals surface area contributed by atoms with Gasteiger partial charge in [-0.1, -0.05) is 84.9 Å². The van der Waals surface area contributed by atoms with Gasteiger partial charge in [0.1, 0.15) is 11.2 Å². The number of benzene rings is 6. The van der Waals surface area contributed by atoms with E-state index in [1.54, 1.807) is 18.5 Å². The predicted molar refractivity (Wildman–Crippen MR) is 204 cm³/mol. The highest BCUT2D eigenvalue weighted by Crippen LogP contribution is 2.40. The topological polar surface area (TPSA) is 64.9 Å². The molecule has 4 heteroatoms. The molecule has 232 valence electrons. The van der Waals surface area contributed by atoms with Gasteiger partial charge in [-0.2, -0.15) is 0 Å². The number of hydrogen-bond donors (Lipinski definition) is 1. The first-order chi connectivity index (χ1) is 25.0. The zero-order valence-corrected chi connectivity index (χ0v) is 26.7. The second-order valence-electron chi connectivity index (χ2n) is 12.3. The third kappa shape index (κ3) is 5.02. The second kappa shape index (κ2) is 11.6. The van der Waals surface area contributed by atoms with E-state index in [-0.39, 0.29) is 6.04 Å². The van der Waals surface area contributed by atoms with E-state index in [9.17, 15) is 1.37 Å². The maximum atomic E-state index is 9.50. The summed E-state index contributed by atoms with van der Waals surface area (Å²) in [6.45, 7) is 2.08. The van der Waals surface area contributed by atoms with E-state index in [0.29, 0.717) is 17.2 Å². The van der Waals surface area contributed by atoms with Crippen molar-refractivity contribution < 1.29 is 7.16 Å². The number of aryl methyl sites for hydroxylation is 1. The number of rotatable bonds is 5. The number of aromatic nitrogens is 2. The Balaban J connectivity index is 1.25. The molecular weight excluding hydrogens is 599 g/mol. The molecule has 6 aromatic carbocycles. The first kappa shape index (κ1) is 26.5. The number of furan rings is 1. The van der Waals surface area contributed by atoms with Crippen LogP contribution in [0.2, 0.25) is 0 Å². The van der Waals surface area contributed by atoms with Crippen molar-refractivity contribution in [3.8, 4) is 44.5 Å². The predicted octanol–water partition coefficient (Wildman–Crippen LogP) is 11.6. The van der Waals surface area contributed by atoms with Crippen LogP contribution in [0.25, 0.3) is 94.3 Å². The monoisotopic (exact) mass is 631 g/mol. The van der Waals surface area contributed by atoms with Gasteiger partial charge >= 0.3 is 0 Å². The summed E-state index contributed by atoms with van der Waals surface area (Å²) >= 11 is 0. The van der Waals surface area contributed by atoms with Crippen LogP contribution in [0.5, 0.6) is 0 Å². The Kier molecular flexibility index (Phi) is 6.29. The highest BCUT2D eigenvalue weighted by atomic mass is 16.3. The Morgan fingerprint density at radius 2 is 1.41 bits per heavy atom. The van der Waals surface area contributed by atoms with E-state index in [1.165, 1.54) is 0 Å². The zero-order chi connectivity index (χ0) is 34.6. The van der Waals surface area contributed by atoms with E-state index >= 15 is 0 Å². The maximum absolute atomic E-state index is 9.50. The van der Waals surface area contributed by atoms with Crippen LogP contribution >= 0.6 is 0 Å². The van der Waals surface area contributed by atoms with Crippen molar-refractivity contribution >= 4 is 49.8 Å². The van der Waals surface area contributed by atoms with Gasteiger partial charge in [0, 0.05) is 39.5 Å². The van der Waals surface area contributed by atoms with Gasteiger partial charge in [-0.3, -0.25) is 9.97 Å². The van der Waals surface area contributed by atoms with Crippen molar-refractivity contribution in [2.45, 2.75) is 6.92 Å². The third-order valence-corrected chi connectivity index (χ3v) is 9.31. The summed E-state index contributed by atoms with van der Waals surface area (Å²) in [5.74, 6) is 0. The fourth-order valence-electron chi connectivity index (χ4n) is 6.86. The summed E-state index contributed by atoms with van der Waals surface area (Å²) in [5.41, 5.74) is 18.2. The summed E-state index contributed by atoms with van der Waals surface area (Å²) < 4.78 is 24.6. The molecule has 4 nitrogen and oxygen atoms in total. The molecule has 0 aliphatic carbocycles. The molecule has 0 fully saturated rings. The van der Waals surface area contributed by atoms with Gasteiger partial charge in [0.25, 0.3) is 0 Å². The van der Waals surface area contributed by atoms with E-state index in [1.807, 2.05) is 60.8 Å². The van der Waals surface area contributed by atoms with Crippen molar-refractivity contribution in [1.29, 1.82) is 0 Å². The first-order valence-electron chi connectivity index (χ1n) is 17.3. The van der Waals surface area contributed by atoms with Gasteiger partial charge in [0.15, 0.2) is 0 Å². The van der Waals surface area contributed by atoms with Crippen molar-refractivity contribution in [3.63, 3.8) is 0 Å². The molecule has 9 rings (SSSR count). The number of hydrogen-bond acceptors (Lipinski definition) is 4. The largest absolute Gasteiger partial charge is 0.456 e. The van der Waals surface area contributed by atoms with Gasteiger partial charge in [0.2, 0.25) is 0 Å². The lowest BCUT2D eigenvalue weighted by molar-refractivity contribution is 0.669. The molecule has 0 amide bonds. The Bertz CT molecular complexity index is 2860. The molecule has 0 bridgehead atoms. The smallest absolute Gasteiger partial charge is 0.136 e. The zero-order valence-electron chi connectivity index (χ0n) is 28.7. The first-order valence-corrected chi connectivity index (χ1v) is 16.3. The Hall–Kier alpha value is -6.52. The summed E-state index contributed by atoms with van der Waals surface area (Å²) in [5, 5.41) is 3.73. The van der Waals surface area contributed by atoms with E-state index < -0.39 is 0 Å². The second-order valence-corrected chi connectivity index (χ2v) is 12.3. The molecule has 0 aliphatic heterocycles. The highest BCUT2D eigenvalue weighted by Gasteiger charge is 2.15. The van der Waals surface area contributed by atoms with Crippen LogP contribution in [0.15, 0.2) is 156 Å². The molecule has 0 unspecified atom stereocenters. The van der Waals surface area contributed by atoms with Gasteiger partial charge in [0.05, 0.1) is 13.8 Å². The molecule has 0 saturated heterocycles. The van der Waals surface area contributed by atoms with Crippen LogP contribution in [0.1, 0.15) is 13.9 Å². The molecule has 0 saturated carbocycles. The van der Waals surface area contributed by atoms with Crippen LogP contribution in [-0.4, -0.2) is 9.97 Å². The Morgan fingerprint density at radius 3 is 2.24 bits per heavy atom. The quantitative estimate of drug-likeness (QED) is 0.192. The molecule has 0 spiro atoms. The average molecular weight is 632 g/mol. The Labute approximate surface area is 286 Å². The van der Waals surface area contributed by atoms with E-state index in [2.05, 4.69) is 78.6 Å². The lowest BCUT2D eigenvalue weighted by Crippen LogP contribution is -1.90. The summed E-state index contributed by atoms with van der Waals surface area (Å²) in [4.78, 5) is 9.52. The summed E-state index contributed by atoms with van der Waals surface area (Å²) in [6.07, 6.45) is 7.17. The standard InChI is InChI=1S/C45H31N3O/c1-28-21-32(14-12-29(28)18-19-46)35-23-36(25-37(24-35)38-22-34-15-13-31-9-6-20-47-44(31)45(34)48-27-38)33-16-17-40-42(26-33)49-41-11-5-10-39(43(40)41)30-7-3-2-4-8-30/h2-27H,46H2,1H3/b19-18-/i11D,26D. The van der Waals surface area contributed by atoms with Crippen molar-refractivity contribution in [3.05, 3.63) is 163 Å². The molecule has 49 heavy (non-hydrogen) atoms. The molecule has 3 heterocycles. The van der Waals surface area contributed by atoms with E-state index in [0.717, 1.165) is 88.2 Å². The molecule has 2 N–H and O–H groups in total. The van der Waals surface area contributed by atoms with Crippen LogP contribution in [0, 0.1) is 6.92 Å². The lowest BCUT2D eigenvalue weighted by atomic mass is 9.91. The maximum Gasteiger partial charge on any atom is 0.136 e. The van der Waals surface area contributed by atoms with Gasteiger partial charge in [-0.15, -0.1) is 0 Å². The molecule has 0 radical (unpaired) electrons. The number of fused-ring (bicyclic) bond motifs is 6. The van der Waals surface area contributed by atoms with Gasteiger partial charge < -0.3 is 10.2 Å². The van der Waals surface area contributed by atoms with Crippen LogP contribution in [0.4, 0.5) is 0 Å². The fraction of sp³-hybridized carbons (Fsp3) is 0.0222. The van der Waals surface area contributed by atoms with Crippen molar-refractivity contribution in [1.82, 2.24) is 9.97 Å². The molecule has 3 aromatic heterocycles. The van der Waals surface area contributed by atoms with Gasteiger partial charge in [-0.25, -0.2) is 0 Å². The highest BCUT2D eigenvalue weighted by molar-refractivity contribution is 6.13. The number of nitrogens with zero attached hydrogens (tertiary/aromatic N) is 2. The van der Waals surface area contributed by atoms with Crippen LogP contribution in [-0.2, 0) is 0 Å². The van der Waals surface area contributed by atoms with Crippen LogP contribution < -0.4 is 5.73 Å². The van der Waals surface area contributed by atoms with Gasteiger partial charge in [-0.05, 0) is 118 Å². The lowest BCUT2D eigenvalue weighted by Gasteiger charge is -2.13. The minimum Gasteiger partial charge on any atom is -0.456 e. The minimum absolute atomic E-state index is 0.277. The molecule has 0 aliphatic rings. The Morgan fingerprint density at radius 1 is 0.633 bits per heavy atom. The van der Waals surface area contributed by atoms with Crippen molar-refractivity contribution in [2.75, 3.05) is 0 Å². The summed E-state index contributed by atoms with van der Waals surface area (Å²) in [6, 6.07) is 41.6. The third-order valence-electron chi connectivity index (χ3n) is 9.31. The molecule has 0 atom stereocenters. The van der Waals surface area contributed by atoms with Crippen molar-refractivity contribution in [2.24, 2.45) is 5.73 Å². The fourth-order valence-corrected chi connectivity index (χ4v) is 6.86. The average Bonchev–Trinajstić information content (AvgIpc) is 3.57. The number of nitrogens with two attached hydrogens (primary N) is 1. The minimum atomic E-state index is 0.277. The normalized spacial score (nSPS) is 12.3. The SMILES string of the molecule is [2H]c1c(-c2cc(-c3ccc(/C=C\N)c(C)c3)cc(-c3cnc4c(ccc5cccnc54)c3)c2)ccc2c1oc1c([2H])ccc(-c3ccccc3)c12. The number of pyridine rings is 2. The van der Waals surface area contributed by atoms with Crippen LogP contribution in [0.3, 0.4) is 0 Å². The molecule has 9 aromatic rings. The van der Waals surface area contributed by atoms with E-state index in [4.69, 9.17) is 16.5 Å². The summed E-state index contributed by atoms with van der Waals surface area (Å²) in [7, 11) is 0. The molecular formula is C45H31N3O.